The van der Waals surface area contributed by atoms with Crippen molar-refractivity contribution in [2.45, 2.75) is 32.8 Å². The van der Waals surface area contributed by atoms with E-state index in [1.165, 1.54) is 25.1 Å². The number of esters is 1. The number of nitrogens with one attached hydrogen (secondary N) is 2. The Morgan fingerprint density at radius 3 is 2.80 bits per heavy atom. The van der Waals surface area contributed by atoms with Crippen LogP contribution >= 0.6 is 0 Å². The Bertz CT molecular complexity index is 786. The molecule has 2 N–H and O–H groups in total. The molecule has 25 heavy (non-hydrogen) atoms. The number of ether oxygens (including phenoxy) is 1. The van der Waals surface area contributed by atoms with Crippen LogP contribution in [0.5, 0.6) is 0 Å². The summed E-state index contributed by atoms with van der Waals surface area (Å²) in [5.74, 6) is -1.42. The van der Waals surface area contributed by atoms with E-state index in [9.17, 15) is 19.7 Å². The molecule has 0 radical (unpaired) electrons. The number of H-pyrrole nitrogens is 1. The normalized spacial score (nSPS) is 11.6. The van der Waals surface area contributed by atoms with Gasteiger partial charge >= 0.3 is 5.97 Å². The van der Waals surface area contributed by atoms with Crippen LogP contribution in [-0.4, -0.2) is 33.1 Å². The highest BCUT2D eigenvalue weighted by atomic mass is 16.6. The largest absolute Gasteiger partial charge is 0.448 e. The Kier molecular flexibility index (Phi) is 5.83. The van der Waals surface area contributed by atoms with Gasteiger partial charge in [0.25, 0.3) is 11.6 Å². The van der Waals surface area contributed by atoms with Crippen LogP contribution in [0.2, 0.25) is 0 Å². The number of aryl methyl sites for hydroxylation is 1. The summed E-state index contributed by atoms with van der Waals surface area (Å²) < 4.78 is 5.06. The number of aromatic amines is 1. The van der Waals surface area contributed by atoms with Gasteiger partial charge in [0.2, 0.25) is 0 Å². The SMILES string of the molecule is CCCc1cc(C(=O)OC(C)C(=O)Nc2ccccc2[N+](=O)[O-])n[nH]1. The summed E-state index contributed by atoms with van der Waals surface area (Å²) >= 11 is 0. The maximum absolute atomic E-state index is 12.1. The first-order chi connectivity index (χ1) is 11.9. The number of nitrogens with zero attached hydrogens (tertiary/aromatic N) is 2. The summed E-state index contributed by atoms with van der Waals surface area (Å²) in [6, 6.07) is 7.28. The fourth-order valence-corrected chi connectivity index (χ4v) is 2.11. The van der Waals surface area contributed by atoms with Crippen LogP contribution in [0, 0.1) is 10.1 Å². The number of anilines is 1. The average Bonchev–Trinajstić information content (AvgIpc) is 3.04. The Hall–Kier alpha value is -3.23. The molecule has 0 aliphatic heterocycles. The molecule has 1 heterocycles. The van der Waals surface area contributed by atoms with E-state index in [1.807, 2.05) is 6.92 Å². The van der Waals surface area contributed by atoms with Gasteiger partial charge in [-0.05, 0) is 25.5 Å². The molecule has 1 amide bonds. The molecule has 9 nitrogen and oxygen atoms in total. The number of para-hydroxylation sites is 2. The van der Waals surface area contributed by atoms with Crippen molar-refractivity contribution in [3.63, 3.8) is 0 Å². The molecule has 0 fully saturated rings. The molecule has 0 saturated heterocycles. The quantitative estimate of drug-likeness (QED) is 0.450. The molecule has 0 aliphatic rings. The van der Waals surface area contributed by atoms with Gasteiger partial charge in [-0.15, -0.1) is 0 Å². The second kappa shape index (κ2) is 8.04. The highest BCUT2D eigenvalue weighted by Crippen LogP contribution is 2.23. The lowest BCUT2D eigenvalue weighted by molar-refractivity contribution is -0.383. The molecule has 1 aromatic carbocycles. The number of nitro groups is 1. The summed E-state index contributed by atoms with van der Waals surface area (Å²) in [6.45, 7) is 3.37. The van der Waals surface area contributed by atoms with Crippen molar-refractivity contribution in [3.05, 3.63) is 51.8 Å². The third-order valence-electron chi connectivity index (χ3n) is 3.37. The first-order valence-electron chi connectivity index (χ1n) is 7.72. The molecule has 9 heteroatoms. The number of nitro benzene ring substituents is 1. The third kappa shape index (κ3) is 4.63. The maximum Gasteiger partial charge on any atom is 0.359 e. The van der Waals surface area contributed by atoms with Crippen LogP contribution in [0.1, 0.15) is 36.5 Å². The van der Waals surface area contributed by atoms with Gasteiger partial charge in [-0.1, -0.05) is 25.5 Å². The zero-order valence-electron chi connectivity index (χ0n) is 13.8. The first kappa shape index (κ1) is 18.1. The smallest absolute Gasteiger partial charge is 0.359 e. The predicted molar refractivity (Wildman–Crippen MR) is 89.2 cm³/mol. The van der Waals surface area contributed by atoms with E-state index in [4.69, 9.17) is 4.74 Å². The third-order valence-corrected chi connectivity index (χ3v) is 3.37. The lowest BCUT2D eigenvalue weighted by Gasteiger charge is -2.12. The van der Waals surface area contributed by atoms with Gasteiger partial charge in [0.15, 0.2) is 11.8 Å². The number of amides is 1. The van der Waals surface area contributed by atoms with Crippen LogP contribution in [0.3, 0.4) is 0 Å². The number of rotatable bonds is 7. The minimum absolute atomic E-state index is 0.0328. The molecule has 0 bridgehead atoms. The summed E-state index contributed by atoms with van der Waals surface area (Å²) in [5, 5.41) is 19.9. The molecule has 1 atom stereocenters. The van der Waals surface area contributed by atoms with E-state index in [-0.39, 0.29) is 17.1 Å². The molecular formula is C16H18N4O5. The van der Waals surface area contributed by atoms with Gasteiger partial charge < -0.3 is 10.1 Å². The fourth-order valence-electron chi connectivity index (χ4n) is 2.11. The molecule has 2 aromatic rings. The topological polar surface area (TPSA) is 127 Å². The molecule has 1 aromatic heterocycles. The Balaban J connectivity index is 2.00. The lowest BCUT2D eigenvalue weighted by Crippen LogP contribution is -2.30. The first-order valence-corrected chi connectivity index (χ1v) is 7.72. The highest BCUT2D eigenvalue weighted by molar-refractivity contribution is 5.98. The standard InChI is InChI=1S/C16H18N4O5/c1-3-6-11-9-13(19-18-11)16(22)25-10(2)15(21)17-12-7-4-5-8-14(12)20(23)24/h4-5,7-10H,3,6H2,1-2H3,(H,17,21)(H,18,19). The van der Waals surface area contributed by atoms with Crippen LogP contribution in [0.15, 0.2) is 30.3 Å². The van der Waals surface area contributed by atoms with Gasteiger partial charge in [0.05, 0.1) is 4.92 Å². The zero-order valence-corrected chi connectivity index (χ0v) is 13.8. The Morgan fingerprint density at radius 1 is 1.40 bits per heavy atom. The van der Waals surface area contributed by atoms with Crippen LogP contribution in [-0.2, 0) is 16.0 Å². The number of carbonyl (C=O) groups excluding carboxylic acids is 2. The second-order valence-corrected chi connectivity index (χ2v) is 5.34. The van der Waals surface area contributed by atoms with E-state index in [0.29, 0.717) is 0 Å². The molecule has 0 saturated carbocycles. The lowest BCUT2D eigenvalue weighted by atomic mass is 10.2. The van der Waals surface area contributed by atoms with Crippen molar-refractivity contribution in [1.82, 2.24) is 10.2 Å². The fraction of sp³-hybridized carbons (Fsp3) is 0.312. The Morgan fingerprint density at radius 2 is 2.12 bits per heavy atom. The molecule has 0 aliphatic carbocycles. The maximum atomic E-state index is 12.1. The highest BCUT2D eigenvalue weighted by Gasteiger charge is 2.23. The van der Waals surface area contributed by atoms with Gasteiger partial charge in [-0.2, -0.15) is 5.10 Å². The number of hydrogen-bond donors (Lipinski definition) is 2. The Labute approximate surface area is 143 Å². The van der Waals surface area contributed by atoms with Crippen LogP contribution < -0.4 is 5.32 Å². The monoisotopic (exact) mass is 346 g/mol. The van der Waals surface area contributed by atoms with Crippen molar-refractivity contribution in [3.8, 4) is 0 Å². The predicted octanol–water partition coefficient (Wildman–Crippen LogP) is 2.45. The summed E-state index contributed by atoms with van der Waals surface area (Å²) in [7, 11) is 0. The van der Waals surface area contributed by atoms with E-state index in [2.05, 4.69) is 15.5 Å². The van der Waals surface area contributed by atoms with Crippen molar-refractivity contribution in [1.29, 1.82) is 0 Å². The molecular weight excluding hydrogens is 328 g/mol. The van der Waals surface area contributed by atoms with Gasteiger partial charge in [0, 0.05) is 11.8 Å². The number of aromatic nitrogens is 2. The minimum Gasteiger partial charge on any atom is -0.448 e. The molecule has 1 unspecified atom stereocenters. The van der Waals surface area contributed by atoms with Crippen molar-refractivity contribution >= 4 is 23.3 Å². The van der Waals surface area contributed by atoms with Crippen molar-refractivity contribution in [2.75, 3.05) is 5.32 Å². The van der Waals surface area contributed by atoms with Gasteiger partial charge in [-0.25, -0.2) is 4.79 Å². The molecule has 2 rings (SSSR count). The average molecular weight is 346 g/mol. The van der Waals surface area contributed by atoms with Crippen LogP contribution in [0.25, 0.3) is 0 Å². The molecule has 132 valence electrons. The van der Waals surface area contributed by atoms with E-state index in [1.54, 1.807) is 12.1 Å². The number of carbonyl (C=O) groups is 2. The minimum atomic E-state index is -1.14. The van der Waals surface area contributed by atoms with Gasteiger partial charge in [-0.3, -0.25) is 20.0 Å². The zero-order chi connectivity index (χ0) is 18.4. The van der Waals surface area contributed by atoms with E-state index in [0.717, 1.165) is 18.5 Å². The number of benzene rings is 1. The summed E-state index contributed by atoms with van der Waals surface area (Å²) in [6.07, 6.45) is 0.498. The number of hydrogen-bond acceptors (Lipinski definition) is 6. The van der Waals surface area contributed by atoms with Crippen molar-refractivity contribution in [2.24, 2.45) is 0 Å². The van der Waals surface area contributed by atoms with E-state index >= 15 is 0 Å². The summed E-state index contributed by atoms with van der Waals surface area (Å²) in [4.78, 5) is 34.5. The summed E-state index contributed by atoms with van der Waals surface area (Å²) in [5.41, 5.74) is 0.663. The molecule has 0 spiro atoms. The van der Waals surface area contributed by atoms with Crippen LogP contribution in [0.4, 0.5) is 11.4 Å². The van der Waals surface area contributed by atoms with Crippen molar-refractivity contribution < 1.29 is 19.2 Å². The van der Waals surface area contributed by atoms with Gasteiger partial charge in [0.1, 0.15) is 5.69 Å². The van der Waals surface area contributed by atoms with E-state index < -0.39 is 22.9 Å². The second-order valence-electron chi connectivity index (χ2n) is 5.34.